The van der Waals surface area contributed by atoms with Gasteiger partial charge in [0.25, 0.3) is 5.91 Å². The number of hydrogen-bond donors (Lipinski definition) is 3. The van der Waals surface area contributed by atoms with Gasteiger partial charge >= 0.3 is 5.97 Å². The number of hydrogen-bond acceptors (Lipinski definition) is 4. The zero-order valence-corrected chi connectivity index (χ0v) is 16.8. The lowest BCUT2D eigenvalue weighted by molar-refractivity contribution is 0.0696. The van der Waals surface area contributed by atoms with Gasteiger partial charge in [0, 0.05) is 10.2 Å². The Morgan fingerprint density at radius 1 is 1.16 bits per heavy atom. The van der Waals surface area contributed by atoms with Crippen molar-refractivity contribution in [3.63, 3.8) is 0 Å². The molecule has 2 rings (SSSR count). The number of methoxy groups -OCH3 is 1. The monoisotopic (exact) mass is 486 g/mol. The van der Waals surface area contributed by atoms with Gasteiger partial charge in [0.15, 0.2) is 5.11 Å². The van der Waals surface area contributed by atoms with Crippen LogP contribution in [-0.4, -0.2) is 29.2 Å². The van der Waals surface area contributed by atoms with E-state index in [4.69, 9.17) is 22.1 Å². The standard InChI is InChI=1S/C16H12Br2N2O4S/c1-24-13-11(6-9(17)7-12(13)18)14(21)20-16(25)19-10-4-2-8(3-5-10)15(22)23/h2-7H,1H3,(H,22,23)(H2,19,20,21,25). The van der Waals surface area contributed by atoms with Gasteiger partial charge in [0.1, 0.15) is 5.75 Å². The molecule has 2 aromatic carbocycles. The third kappa shape index (κ3) is 5.00. The van der Waals surface area contributed by atoms with E-state index in [-0.39, 0.29) is 10.7 Å². The molecule has 0 radical (unpaired) electrons. The van der Waals surface area contributed by atoms with Crippen LogP contribution in [-0.2, 0) is 0 Å². The summed E-state index contributed by atoms with van der Waals surface area (Å²) in [4.78, 5) is 23.3. The number of aromatic carboxylic acids is 1. The summed E-state index contributed by atoms with van der Waals surface area (Å²) >= 11 is 11.8. The van der Waals surface area contributed by atoms with Gasteiger partial charge in [-0.2, -0.15) is 0 Å². The molecule has 0 unspecified atom stereocenters. The average molecular weight is 488 g/mol. The molecule has 0 fully saturated rings. The molecule has 0 spiro atoms. The Kier molecular flexibility index (Phi) is 6.51. The highest BCUT2D eigenvalue weighted by Crippen LogP contribution is 2.32. The molecule has 0 saturated carbocycles. The number of thiocarbonyl (C=S) groups is 1. The first-order valence-electron chi connectivity index (χ1n) is 6.80. The van der Waals surface area contributed by atoms with E-state index in [0.717, 1.165) is 0 Å². The predicted octanol–water partition coefficient (Wildman–Crippen LogP) is 4.05. The Bertz CT molecular complexity index is 841. The first-order chi connectivity index (χ1) is 11.8. The van der Waals surface area contributed by atoms with Crippen LogP contribution in [0.1, 0.15) is 20.7 Å². The van der Waals surface area contributed by atoms with Crippen molar-refractivity contribution in [3.8, 4) is 5.75 Å². The molecule has 0 atom stereocenters. The van der Waals surface area contributed by atoms with Crippen molar-refractivity contribution in [2.45, 2.75) is 0 Å². The topological polar surface area (TPSA) is 87.7 Å². The molecule has 130 valence electrons. The van der Waals surface area contributed by atoms with Crippen LogP contribution in [0.4, 0.5) is 5.69 Å². The Morgan fingerprint density at radius 3 is 2.36 bits per heavy atom. The van der Waals surface area contributed by atoms with Crippen molar-refractivity contribution in [3.05, 3.63) is 56.5 Å². The third-order valence-corrected chi connectivity index (χ3v) is 4.32. The van der Waals surface area contributed by atoms with Crippen molar-refractivity contribution in [2.75, 3.05) is 12.4 Å². The van der Waals surface area contributed by atoms with Crippen LogP contribution >= 0.6 is 44.1 Å². The molecule has 0 aliphatic carbocycles. The summed E-state index contributed by atoms with van der Waals surface area (Å²) in [6, 6.07) is 9.35. The number of amides is 1. The van der Waals surface area contributed by atoms with Gasteiger partial charge in [-0.3, -0.25) is 10.1 Å². The van der Waals surface area contributed by atoms with Crippen molar-refractivity contribution in [1.82, 2.24) is 5.32 Å². The zero-order chi connectivity index (χ0) is 18.6. The number of rotatable bonds is 4. The lowest BCUT2D eigenvalue weighted by Gasteiger charge is -2.13. The zero-order valence-electron chi connectivity index (χ0n) is 12.8. The quantitative estimate of drug-likeness (QED) is 0.564. The number of halogens is 2. The van der Waals surface area contributed by atoms with Crippen LogP contribution in [0.5, 0.6) is 5.75 Å². The largest absolute Gasteiger partial charge is 0.495 e. The van der Waals surface area contributed by atoms with Crippen LogP contribution in [0.2, 0.25) is 0 Å². The lowest BCUT2D eigenvalue weighted by atomic mass is 10.2. The van der Waals surface area contributed by atoms with Gasteiger partial charge in [-0.1, -0.05) is 15.9 Å². The van der Waals surface area contributed by atoms with E-state index in [9.17, 15) is 9.59 Å². The molecule has 1 amide bonds. The Balaban J connectivity index is 2.10. The summed E-state index contributed by atoms with van der Waals surface area (Å²) in [6.45, 7) is 0. The minimum absolute atomic E-state index is 0.0752. The highest BCUT2D eigenvalue weighted by atomic mass is 79.9. The van der Waals surface area contributed by atoms with Gasteiger partial charge in [0.05, 0.1) is 22.7 Å². The molecule has 0 aliphatic rings. The van der Waals surface area contributed by atoms with Crippen LogP contribution in [0.15, 0.2) is 45.3 Å². The number of carbonyl (C=O) groups is 2. The van der Waals surface area contributed by atoms with Gasteiger partial charge < -0.3 is 15.2 Å². The molecule has 0 saturated heterocycles. The molecular weight excluding hydrogens is 476 g/mol. The van der Waals surface area contributed by atoms with E-state index >= 15 is 0 Å². The van der Waals surface area contributed by atoms with Gasteiger partial charge in [-0.25, -0.2) is 4.79 Å². The van der Waals surface area contributed by atoms with E-state index in [1.165, 1.54) is 19.2 Å². The second-order valence-corrected chi connectivity index (χ2v) is 6.94. The van der Waals surface area contributed by atoms with E-state index in [2.05, 4.69) is 42.5 Å². The predicted molar refractivity (Wildman–Crippen MR) is 105 cm³/mol. The lowest BCUT2D eigenvalue weighted by Crippen LogP contribution is -2.34. The second-order valence-electron chi connectivity index (χ2n) is 4.76. The molecule has 0 heterocycles. The van der Waals surface area contributed by atoms with E-state index < -0.39 is 11.9 Å². The molecular formula is C16H12Br2N2O4S. The normalized spacial score (nSPS) is 10.0. The smallest absolute Gasteiger partial charge is 0.335 e. The summed E-state index contributed by atoms with van der Waals surface area (Å²) in [7, 11) is 1.46. The van der Waals surface area contributed by atoms with Crippen molar-refractivity contribution in [2.24, 2.45) is 0 Å². The number of carboxylic acid groups (broad SMARTS) is 1. The minimum atomic E-state index is -1.02. The second kappa shape index (κ2) is 8.41. The summed E-state index contributed by atoms with van der Waals surface area (Å²) < 4.78 is 6.56. The summed E-state index contributed by atoms with van der Waals surface area (Å²) in [6.07, 6.45) is 0. The molecule has 3 N–H and O–H groups in total. The van der Waals surface area contributed by atoms with E-state index in [1.54, 1.807) is 24.3 Å². The number of ether oxygens (including phenoxy) is 1. The van der Waals surface area contributed by atoms with Crippen molar-refractivity contribution < 1.29 is 19.4 Å². The fourth-order valence-electron chi connectivity index (χ4n) is 1.97. The molecule has 0 bridgehead atoms. The maximum absolute atomic E-state index is 12.4. The summed E-state index contributed by atoms with van der Waals surface area (Å²) in [5.74, 6) is -1.08. The molecule has 9 heteroatoms. The first-order valence-corrected chi connectivity index (χ1v) is 8.80. The Labute approximate surface area is 165 Å². The number of nitrogens with one attached hydrogen (secondary N) is 2. The van der Waals surface area contributed by atoms with Gasteiger partial charge in [-0.15, -0.1) is 0 Å². The highest BCUT2D eigenvalue weighted by Gasteiger charge is 2.17. The minimum Gasteiger partial charge on any atom is -0.495 e. The van der Waals surface area contributed by atoms with Crippen LogP contribution < -0.4 is 15.4 Å². The first kappa shape index (κ1) is 19.4. The molecule has 2 aromatic rings. The number of anilines is 1. The van der Waals surface area contributed by atoms with Crippen LogP contribution in [0.25, 0.3) is 0 Å². The van der Waals surface area contributed by atoms with Crippen molar-refractivity contribution in [1.29, 1.82) is 0 Å². The molecule has 0 aliphatic heterocycles. The average Bonchev–Trinajstić information content (AvgIpc) is 2.54. The van der Waals surface area contributed by atoms with Crippen LogP contribution in [0.3, 0.4) is 0 Å². The number of carboxylic acids is 1. The summed E-state index contributed by atoms with van der Waals surface area (Å²) in [5.41, 5.74) is 1.01. The Morgan fingerprint density at radius 2 is 1.80 bits per heavy atom. The summed E-state index contributed by atoms with van der Waals surface area (Å²) in [5, 5.41) is 14.3. The van der Waals surface area contributed by atoms with Gasteiger partial charge in [-0.05, 0) is 64.5 Å². The van der Waals surface area contributed by atoms with Gasteiger partial charge in [0.2, 0.25) is 0 Å². The van der Waals surface area contributed by atoms with Crippen LogP contribution in [0, 0.1) is 0 Å². The SMILES string of the molecule is COc1c(Br)cc(Br)cc1C(=O)NC(=S)Nc1ccc(C(=O)O)cc1. The van der Waals surface area contributed by atoms with E-state index in [1.807, 2.05) is 0 Å². The maximum Gasteiger partial charge on any atom is 0.335 e. The highest BCUT2D eigenvalue weighted by molar-refractivity contribution is 9.11. The number of carbonyl (C=O) groups excluding carboxylic acids is 1. The molecule has 6 nitrogen and oxygen atoms in total. The van der Waals surface area contributed by atoms with E-state index in [0.29, 0.717) is 25.9 Å². The molecule has 25 heavy (non-hydrogen) atoms. The van der Waals surface area contributed by atoms with Crippen molar-refractivity contribution >= 4 is 66.8 Å². The third-order valence-electron chi connectivity index (χ3n) is 3.07. The fourth-order valence-corrected chi connectivity index (χ4v) is 3.56. The maximum atomic E-state index is 12.4. The number of benzene rings is 2. The Hall–Kier alpha value is -1.97. The molecule has 0 aromatic heterocycles. The fraction of sp³-hybridized carbons (Fsp3) is 0.0625.